The van der Waals surface area contributed by atoms with Gasteiger partial charge in [-0.2, -0.15) is 0 Å². The number of rotatable bonds is 7. The molecule has 0 unspecified atom stereocenters. The van der Waals surface area contributed by atoms with E-state index in [9.17, 15) is 4.79 Å². The third-order valence-corrected chi connectivity index (χ3v) is 4.24. The van der Waals surface area contributed by atoms with Crippen LogP contribution in [0.4, 0.5) is 5.13 Å². The third kappa shape index (κ3) is 3.20. The maximum Gasteiger partial charge on any atom is 0.349 e. The number of nitrogens with zero attached hydrogens (tertiary/aromatic N) is 1. The minimum atomic E-state index is -0.332. The van der Waals surface area contributed by atoms with Crippen molar-refractivity contribution in [2.45, 2.75) is 19.3 Å². The summed E-state index contributed by atoms with van der Waals surface area (Å²) in [5.41, 5.74) is 0.368. The number of hydrogen-bond acceptors (Lipinski definition) is 6. The molecule has 0 amide bonds. The number of carbonyl (C=O) groups is 1. The van der Waals surface area contributed by atoms with Gasteiger partial charge in [-0.15, -0.1) is 0 Å². The molecule has 1 saturated carbocycles. The second-order valence-corrected chi connectivity index (χ2v) is 5.65. The van der Waals surface area contributed by atoms with E-state index in [1.807, 2.05) is 0 Å². The molecule has 0 saturated heterocycles. The van der Waals surface area contributed by atoms with Gasteiger partial charge in [-0.1, -0.05) is 11.3 Å². The maximum atomic E-state index is 11.3. The van der Waals surface area contributed by atoms with Crippen LogP contribution in [0.3, 0.4) is 0 Å². The van der Waals surface area contributed by atoms with Crippen LogP contribution in [0.2, 0.25) is 0 Å². The third-order valence-electron chi connectivity index (χ3n) is 3.30. The van der Waals surface area contributed by atoms with E-state index in [4.69, 9.17) is 4.74 Å². The average Bonchev–Trinajstić information content (AvgIpc) is 3.01. The van der Waals surface area contributed by atoms with Crippen LogP contribution in [0.25, 0.3) is 0 Å². The molecule has 0 aromatic carbocycles. The molecule has 0 atom stereocenters. The van der Waals surface area contributed by atoms with Crippen molar-refractivity contribution < 1.29 is 14.3 Å². The molecular weight excluding hydrogens is 252 g/mol. The zero-order chi connectivity index (χ0) is 13.0. The van der Waals surface area contributed by atoms with Crippen molar-refractivity contribution in [3.63, 3.8) is 0 Å². The molecule has 1 N–H and O–H groups in total. The fourth-order valence-electron chi connectivity index (χ4n) is 1.82. The molecule has 0 radical (unpaired) electrons. The molecule has 1 fully saturated rings. The Balaban J connectivity index is 1.83. The van der Waals surface area contributed by atoms with Crippen LogP contribution in [0.5, 0.6) is 0 Å². The van der Waals surface area contributed by atoms with Gasteiger partial charge in [-0.3, -0.25) is 0 Å². The van der Waals surface area contributed by atoms with E-state index < -0.39 is 0 Å². The van der Waals surface area contributed by atoms with Gasteiger partial charge in [0.05, 0.1) is 13.3 Å². The summed E-state index contributed by atoms with van der Waals surface area (Å²) in [6, 6.07) is 0. The van der Waals surface area contributed by atoms with Gasteiger partial charge in [0.2, 0.25) is 0 Å². The fraction of sp³-hybridized carbons (Fsp3) is 0.667. The lowest BCUT2D eigenvalue weighted by Gasteiger charge is -2.14. The summed E-state index contributed by atoms with van der Waals surface area (Å²) < 4.78 is 9.77. The highest BCUT2D eigenvalue weighted by Crippen LogP contribution is 2.48. The van der Waals surface area contributed by atoms with E-state index in [1.54, 1.807) is 13.3 Å². The first-order valence-corrected chi connectivity index (χ1v) is 6.78. The highest BCUT2D eigenvalue weighted by molar-refractivity contribution is 7.17. The number of anilines is 1. The first-order chi connectivity index (χ1) is 8.69. The lowest BCUT2D eigenvalue weighted by molar-refractivity contribution is 0.0606. The molecule has 0 spiro atoms. The Bertz CT molecular complexity index is 415. The number of esters is 1. The summed E-state index contributed by atoms with van der Waals surface area (Å²) in [6.07, 6.45) is 5.09. The number of hydrogen-bond donors (Lipinski definition) is 1. The summed E-state index contributed by atoms with van der Waals surface area (Å²) in [6.45, 7) is 1.69. The molecule has 0 aliphatic heterocycles. The average molecular weight is 270 g/mol. The van der Waals surface area contributed by atoms with E-state index in [2.05, 4.69) is 15.0 Å². The first kappa shape index (κ1) is 13.3. The molecular formula is C12H18N2O3S. The van der Waals surface area contributed by atoms with Crippen molar-refractivity contribution in [1.82, 2.24) is 4.98 Å². The highest BCUT2D eigenvalue weighted by atomic mass is 32.1. The second kappa shape index (κ2) is 5.67. The Morgan fingerprint density at radius 1 is 1.56 bits per heavy atom. The lowest BCUT2D eigenvalue weighted by Crippen LogP contribution is -2.17. The SMILES string of the molecule is COCCC1(CNc2ncc(C(=O)OC)s2)CC1. The smallest absolute Gasteiger partial charge is 0.349 e. The van der Waals surface area contributed by atoms with Crippen LogP contribution in [-0.4, -0.2) is 38.3 Å². The molecule has 1 aromatic heterocycles. The lowest BCUT2D eigenvalue weighted by atomic mass is 10.0. The molecule has 1 aliphatic carbocycles. The normalized spacial score (nSPS) is 16.3. The van der Waals surface area contributed by atoms with Gasteiger partial charge in [0.15, 0.2) is 5.13 Å². The van der Waals surface area contributed by atoms with E-state index >= 15 is 0 Å². The molecule has 18 heavy (non-hydrogen) atoms. The van der Waals surface area contributed by atoms with Crippen molar-refractivity contribution in [3.8, 4) is 0 Å². The van der Waals surface area contributed by atoms with Crippen LogP contribution >= 0.6 is 11.3 Å². The van der Waals surface area contributed by atoms with Gasteiger partial charge in [-0.25, -0.2) is 9.78 Å². The number of nitrogens with one attached hydrogen (secondary N) is 1. The van der Waals surface area contributed by atoms with Gasteiger partial charge in [0, 0.05) is 20.3 Å². The molecule has 5 nitrogen and oxygen atoms in total. The first-order valence-electron chi connectivity index (χ1n) is 5.96. The van der Waals surface area contributed by atoms with Gasteiger partial charge in [0.1, 0.15) is 4.88 Å². The predicted octanol–water partition coefficient (Wildman–Crippen LogP) is 2.16. The Kier molecular flexibility index (Phi) is 4.19. The van der Waals surface area contributed by atoms with Crippen molar-refractivity contribution in [1.29, 1.82) is 0 Å². The molecule has 1 aliphatic rings. The predicted molar refractivity (Wildman–Crippen MR) is 70.1 cm³/mol. The van der Waals surface area contributed by atoms with Crippen molar-refractivity contribution >= 4 is 22.4 Å². The summed E-state index contributed by atoms with van der Waals surface area (Å²) in [7, 11) is 3.10. The molecule has 2 rings (SSSR count). The Hall–Kier alpha value is -1.14. The Morgan fingerprint density at radius 3 is 2.94 bits per heavy atom. The fourth-order valence-corrected chi connectivity index (χ4v) is 2.55. The second-order valence-electron chi connectivity index (χ2n) is 4.62. The van der Waals surface area contributed by atoms with Crippen LogP contribution in [0.15, 0.2) is 6.20 Å². The molecule has 0 bridgehead atoms. The quantitative estimate of drug-likeness (QED) is 0.769. The number of methoxy groups -OCH3 is 2. The van der Waals surface area contributed by atoms with Gasteiger partial charge in [0.25, 0.3) is 0 Å². The highest BCUT2D eigenvalue weighted by Gasteiger charge is 2.41. The number of ether oxygens (including phenoxy) is 2. The van der Waals surface area contributed by atoms with Crippen LogP contribution in [0.1, 0.15) is 28.9 Å². The van der Waals surface area contributed by atoms with E-state index in [0.717, 1.165) is 24.7 Å². The Labute approximate surface area is 111 Å². The van der Waals surface area contributed by atoms with Crippen LogP contribution in [-0.2, 0) is 9.47 Å². The minimum absolute atomic E-state index is 0.332. The number of carbonyl (C=O) groups excluding carboxylic acids is 1. The molecule has 100 valence electrons. The van der Waals surface area contributed by atoms with Gasteiger partial charge in [-0.05, 0) is 24.7 Å². The topological polar surface area (TPSA) is 60.5 Å². The van der Waals surface area contributed by atoms with Crippen LogP contribution < -0.4 is 5.32 Å². The largest absolute Gasteiger partial charge is 0.465 e. The minimum Gasteiger partial charge on any atom is -0.465 e. The van der Waals surface area contributed by atoms with Crippen molar-refractivity contribution in [3.05, 3.63) is 11.1 Å². The molecule has 1 aromatic rings. The standard InChI is InChI=1S/C12H18N2O3S/c1-16-6-5-12(3-4-12)8-14-11-13-7-9(18-11)10(15)17-2/h7H,3-6,8H2,1-2H3,(H,13,14). The van der Waals surface area contributed by atoms with Crippen LogP contribution in [0, 0.1) is 5.41 Å². The van der Waals surface area contributed by atoms with Crippen molar-refractivity contribution in [2.24, 2.45) is 5.41 Å². The molecule has 1 heterocycles. The number of aromatic nitrogens is 1. The zero-order valence-electron chi connectivity index (χ0n) is 10.7. The summed E-state index contributed by atoms with van der Waals surface area (Å²) in [5, 5.41) is 4.08. The van der Waals surface area contributed by atoms with E-state index in [-0.39, 0.29) is 5.97 Å². The zero-order valence-corrected chi connectivity index (χ0v) is 11.5. The maximum absolute atomic E-state index is 11.3. The summed E-state index contributed by atoms with van der Waals surface area (Å²) >= 11 is 1.33. The Morgan fingerprint density at radius 2 is 2.33 bits per heavy atom. The monoisotopic (exact) mass is 270 g/mol. The van der Waals surface area contributed by atoms with Crippen molar-refractivity contribution in [2.75, 3.05) is 32.7 Å². The van der Waals surface area contributed by atoms with Gasteiger partial charge >= 0.3 is 5.97 Å². The van der Waals surface area contributed by atoms with E-state index in [1.165, 1.54) is 31.3 Å². The molecule has 6 heteroatoms. The summed E-state index contributed by atoms with van der Waals surface area (Å²) in [4.78, 5) is 16.0. The van der Waals surface area contributed by atoms with E-state index in [0.29, 0.717) is 10.3 Å². The summed E-state index contributed by atoms with van der Waals surface area (Å²) in [5.74, 6) is -0.332. The van der Waals surface area contributed by atoms with Gasteiger partial charge < -0.3 is 14.8 Å². The number of thiazole rings is 1.